The standard InChI is InChI=1S/C21H28N2O5/c1-21(2,3)28-20(25)22-17-9-7-16(8-10-17)14-19(24)23(11-13-26-4)15-18-6-5-12-27-18/h5-10,12H,11,13-15H2,1-4H3,(H,22,25). The number of nitrogens with one attached hydrogen (secondary N) is 1. The number of methoxy groups -OCH3 is 1. The first kappa shape index (κ1) is 21.5. The zero-order valence-corrected chi connectivity index (χ0v) is 16.9. The molecule has 2 aromatic rings. The van der Waals surface area contributed by atoms with Crippen molar-refractivity contribution < 1.29 is 23.5 Å². The lowest BCUT2D eigenvalue weighted by Crippen LogP contribution is -2.34. The van der Waals surface area contributed by atoms with Crippen LogP contribution in [-0.4, -0.2) is 42.8 Å². The predicted molar refractivity (Wildman–Crippen MR) is 106 cm³/mol. The maximum absolute atomic E-state index is 12.7. The van der Waals surface area contributed by atoms with Crippen LogP contribution in [0.5, 0.6) is 0 Å². The van der Waals surface area contributed by atoms with E-state index in [9.17, 15) is 9.59 Å². The molecule has 0 fully saturated rings. The Morgan fingerprint density at radius 3 is 2.43 bits per heavy atom. The van der Waals surface area contributed by atoms with E-state index in [1.165, 1.54) is 0 Å². The third-order valence-corrected chi connectivity index (χ3v) is 3.80. The molecule has 0 aliphatic heterocycles. The van der Waals surface area contributed by atoms with Crippen molar-refractivity contribution in [2.75, 3.05) is 25.6 Å². The summed E-state index contributed by atoms with van der Waals surface area (Å²) in [4.78, 5) is 26.2. The number of rotatable bonds is 8. The van der Waals surface area contributed by atoms with Crippen LogP contribution >= 0.6 is 0 Å². The quantitative estimate of drug-likeness (QED) is 0.743. The fraction of sp³-hybridized carbons (Fsp3) is 0.429. The molecule has 0 saturated carbocycles. The molecule has 7 heteroatoms. The van der Waals surface area contributed by atoms with E-state index in [1.54, 1.807) is 57.2 Å². The molecule has 28 heavy (non-hydrogen) atoms. The molecule has 1 aromatic heterocycles. The molecule has 0 radical (unpaired) electrons. The smallest absolute Gasteiger partial charge is 0.412 e. The molecule has 0 aliphatic rings. The Labute approximate surface area is 165 Å². The summed E-state index contributed by atoms with van der Waals surface area (Å²) in [6.45, 7) is 6.74. The van der Waals surface area contributed by atoms with Gasteiger partial charge in [0.05, 0.1) is 25.8 Å². The average molecular weight is 388 g/mol. The zero-order chi connectivity index (χ0) is 20.6. The van der Waals surface area contributed by atoms with Crippen LogP contribution in [0.1, 0.15) is 32.1 Å². The highest BCUT2D eigenvalue weighted by Crippen LogP contribution is 2.14. The maximum atomic E-state index is 12.7. The largest absolute Gasteiger partial charge is 0.467 e. The Morgan fingerprint density at radius 1 is 1.14 bits per heavy atom. The number of carbonyl (C=O) groups is 2. The first-order chi connectivity index (χ1) is 13.3. The van der Waals surface area contributed by atoms with Crippen LogP contribution in [0, 0.1) is 0 Å². The molecule has 0 aliphatic carbocycles. The normalized spacial score (nSPS) is 11.1. The maximum Gasteiger partial charge on any atom is 0.412 e. The summed E-state index contributed by atoms with van der Waals surface area (Å²) in [7, 11) is 1.60. The second-order valence-corrected chi connectivity index (χ2v) is 7.39. The van der Waals surface area contributed by atoms with Crippen molar-refractivity contribution in [1.29, 1.82) is 0 Å². The number of amides is 2. The fourth-order valence-electron chi connectivity index (χ4n) is 2.50. The van der Waals surface area contributed by atoms with Gasteiger partial charge in [0.1, 0.15) is 11.4 Å². The summed E-state index contributed by atoms with van der Waals surface area (Å²) >= 11 is 0. The van der Waals surface area contributed by atoms with Crippen LogP contribution in [0.25, 0.3) is 0 Å². The number of hydrogen-bond acceptors (Lipinski definition) is 5. The summed E-state index contributed by atoms with van der Waals surface area (Å²) in [6, 6.07) is 10.8. The van der Waals surface area contributed by atoms with Crippen molar-refractivity contribution in [3.8, 4) is 0 Å². The molecule has 1 aromatic carbocycles. The van der Waals surface area contributed by atoms with Gasteiger partial charge >= 0.3 is 6.09 Å². The molecule has 152 valence electrons. The number of benzene rings is 1. The minimum atomic E-state index is -0.559. The van der Waals surface area contributed by atoms with Gasteiger partial charge in [-0.1, -0.05) is 12.1 Å². The van der Waals surface area contributed by atoms with E-state index in [0.717, 1.165) is 11.3 Å². The van der Waals surface area contributed by atoms with Crippen molar-refractivity contribution >= 4 is 17.7 Å². The highest BCUT2D eigenvalue weighted by atomic mass is 16.6. The number of ether oxygens (including phenoxy) is 2. The third kappa shape index (κ3) is 7.44. The first-order valence-electron chi connectivity index (χ1n) is 9.15. The van der Waals surface area contributed by atoms with E-state index in [-0.39, 0.29) is 12.3 Å². The van der Waals surface area contributed by atoms with E-state index in [4.69, 9.17) is 13.9 Å². The van der Waals surface area contributed by atoms with Crippen molar-refractivity contribution in [2.45, 2.75) is 39.3 Å². The molecule has 2 amide bonds. The topological polar surface area (TPSA) is 81.0 Å². The Hall–Kier alpha value is -2.80. The van der Waals surface area contributed by atoms with Crippen LogP contribution in [-0.2, 0) is 27.2 Å². The van der Waals surface area contributed by atoms with Crippen molar-refractivity contribution in [1.82, 2.24) is 4.90 Å². The molecule has 1 N–H and O–H groups in total. The summed E-state index contributed by atoms with van der Waals surface area (Å²) < 4.78 is 15.7. The summed E-state index contributed by atoms with van der Waals surface area (Å²) in [6.07, 6.45) is 1.32. The lowest BCUT2D eigenvalue weighted by Gasteiger charge is -2.21. The van der Waals surface area contributed by atoms with Crippen LogP contribution in [0.3, 0.4) is 0 Å². The highest BCUT2D eigenvalue weighted by molar-refractivity contribution is 5.85. The van der Waals surface area contributed by atoms with Gasteiger partial charge in [-0.05, 0) is 50.6 Å². The molecule has 2 rings (SSSR count). The monoisotopic (exact) mass is 388 g/mol. The van der Waals surface area contributed by atoms with Gasteiger partial charge < -0.3 is 18.8 Å². The average Bonchev–Trinajstić information content (AvgIpc) is 3.11. The number of nitrogens with zero attached hydrogens (tertiary/aromatic N) is 1. The number of carbonyl (C=O) groups excluding carboxylic acids is 2. The summed E-state index contributed by atoms with van der Waals surface area (Å²) in [5.41, 5.74) is 0.898. The van der Waals surface area contributed by atoms with Crippen molar-refractivity contribution in [2.24, 2.45) is 0 Å². The molecule has 0 bridgehead atoms. The summed E-state index contributed by atoms with van der Waals surface area (Å²) in [5, 5.41) is 2.67. The number of anilines is 1. The molecule has 7 nitrogen and oxygen atoms in total. The van der Waals surface area contributed by atoms with E-state index in [0.29, 0.717) is 25.4 Å². The Bertz CT molecular complexity index is 748. The van der Waals surface area contributed by atoms with Crippen LogP contribution in [0.4, 0.5) is 10.5 Å². The lowest BCUT2D eigenvalue weighted by atomic mass is 10.1. The molecule has 0 spiro atoms. The molecule has 0 atom stereocenters. The minimum absolute atomic E-state index is 0.0266. The SMILES string of the molecule is COCCN(Cc1ccco1)C(=O)Cc1ccc(NC(=O)OC(C)(C)C)cc1. The Morgan fingerprint density at radius 2 is 1.86 bits per heavy atom. The molecular weight excluding hydrogens is 360 g/mol. The first-order valence-corrected chi connectivity index (χ1v) is 9.15. The third-order valence-electron chi connectivity index (χ3n) is 3.80. The minimum Gasteiger partial charge on any atom is -0.467 e. The van der Waals surface area contributed by atoms with E-state index < -0.39 is 11.7 Å². The van der Waals surface area contributed by atoms with Gasteiger partial charge in [-0.25, -0.2) is 4.79 Å². The van der Waals surface area contributed by atoms with Gasteiger partial charge in [0, 0.05) is 19.3 Å². The number of hydrogen-bond donors (Lipinski definition) is 1. The van der Waals surface area contributed by atoms with Gasteiger partial charge in [0.2, 0.25) is 5.91 Å². The van der Waals surface area contributed by atoms with Gasteiger partial charge in [-0.2, -0.15) is 0 Å². The molecule has 1 heterocycles. The predicted octanol–water partition coefficient (Wildman–Crippen LogP) is 3.84. The van der Waals surface area contributed by atoms with E-state index >= 15 is 0 Å². The van der Waals surface area contributed by atoms with Crippen LogP contribution in [0.2, 0.25) is 0 Å². The second kappa shape index (κ2) is 9.94. The zero-order valence-electron chi connectivity index (χ0n) is 16.9. The molecular formula is C21H28N2O5. The van der Waals surface area contributed by atoms with Gasteiger partial charge in [-0.15, -0.1) is 0 Å². The highest BCUT2D eigenvalue weighted by Gasteiger charge is 2.17. The van der Waals surface area contributed by atoms with E-state index in [2.05, 4.69) is 5.32 Å². The Balaban J connectivity index is 1.94. The second-order valence-electron chi connectivity index (χ2n) is 7.39. The fourth-order valence-corrected chi connectivity index (χ4v) is 2.50. The summed E-state index contributed by atoms with van der Waals surface area (Å²) in [5.74, 6) is 0.697. The van der Waals surface area contributed by atoms with Gasteiger partial charge in [-0.3, -0.25) is 10.1 Å². The molecule has 0 saturated heterocycles. The van der Waals surface area contributed by atoms with Gasteiger partial charge in [0.15, 0.2) is 0 Å². The lowest BCUT2D eigenvalue weighted by molar-refractivity contribution is -0.132. The van der Waals surface area contributed by atoms with Gasteiger partial charge in [0.25, 0.3) is 0 Å². The van der Waals surface area contributed by atoms with Crippen LogP contribution < -0.4 is 5.32 Å². The number of furan rings is 1. The van der Waals surface area contributed by atoms with Crippen LogP contribution in [0.15, 0.2) is 47.1 Å². The van der Waals surface area contributed by atoms with E-state index in [1.807, 2.05) is 18.2 Å². The van der Waals surface area contributed by atoms with Crippen molar-refractivity contribution in [3.63, 3.8) is 0 Å². The van der Waals surface area contributed by atoms with Crippen molar-refractivity contribution in [3.05, 3.63) is 54.0 Å². The Kier molecular flexibility index (Phi) is 7.63. The molecule has 0 unspecified atom stereocenters.